The van der Waals surface area contributed by atoms with Crippen LogP contribution in [0.15, 0.2) is 17.8 Å². The molecule has 0 spiro atoms. The summed E-state index contributed by atoms with van der Waals surface area (Å²) < 4.78 is 1.76. The Morgan fingerprint density at radius 2 is 1.94 bits per heavy atom. The van der Waals surface area contributed by atoms with Gasteiger partial charge in [-0.3, -0.25) is 4.68 Å². The molecule has 0 unspecified atom stereocenters. The lowest BCUT2D eigenvalue weighted by Gasteiger charge is -2.34. The summed E-state index contributed by atoms with van der Waals surface area (Å²) in [6, 6.07) is 0. The van der Waals surface area contributed by atoms with Crippen LogP contribution in [0, 0.1) is 0 Å². The fraction of sp³-hybridized carbons (Fsp3) is 0.455. The first-order chi connectivity index (χ1) is 8.74. The van der Waals surface area contributed by atoms with Gasteiger partial charge in [0, 0.05) is 51.0 Å². The summed E-state index contributed by atoms with van der Waals surface area (Å²) in [4.78, 5) is 8.88. The van der Waals surface area contributed by atoms with Gasteiger partial charge in [-0.05, 0) is 0 Å². The summed E-state index contributed by atoms with van der Waals surface area (Å²) in [6.45, 7) is 3.79. The summed E-state index contributed by atoms with van der Waals surface area (Å²) in [6.07, 6.45) is 3.70. The van der Waals surface area contributed by atoms with E-state index in [1.807, 2.05) is 24.8 Å². The van der Waals surface area contributed by atoms with Crippen molar-refractivity contribution in [2.75, 3.05) is 41.7 Å². The van der Waals surface area contributed by atoms with Gasteiger partial charge in [-0.15, -0.1) is 11.3 Å². The second kappa shape index (κ2) is 4.49. The molecular weight excluding hydrogens is 248 g/mol. The van der Waals surface area contributed by atoms with Gasteiger partial charge in [0.15, 0.2) is 10.9 Å². The molecule has 3 heterocycles. The molecule has 0 bridgehead atoms. The normalized spacial score (nSPS) is 16.3. The van der Waals surface area contributed by atoms with Gasteiger partial charge in [0.25, 0.3) is 0 Å². The first-order valence-corrected chi connectivity index (χ1v) is 6.80. The first-order valence-electron chi connectivity index (χ1n) is 5.92. The highest BCUT2D eigenvalue weighted by atomic mass is 32.1. The maximum atomic E-state index is 5.95. The Labute approximate surface area is 110 Å². The molecule has 1 aliphatic heterocycles. The van der Waals surface area contributed by atoms with Gasteiger partial charge in [0.1, 0.15) is 0 Å². The number of piperazine rings is 1. The third-order valence-electron chi connectivity index (χ3n) is 3.11. The van der Waals surface area contributed by atoms with Crippen LogP contribution in [0.25, 0.3) is 0 Å². The van der Waals surface area contributed by atoms with E-state index >= 15 is 0 Å². The van der Waals surface area contributed by atoms with E-state index in [0.29, 0.717) is 0 Å². The predicted octanol–water partition coefficient (Wildman–Crippen LogP) is 0.785. The summed E-state index contributed by atoms with van der Waals surface area (Å²) in [5, 5.41) is 7.52. The Bertz CT molecular complexity index is 512. The maximum Gasteiger partial charge on any atom is 0.185 e. The van der Waals surface area contributed by atoms with Crippen molar-refractivity contribution in [3.8, 4) is 0 Å². The predicted molar refractivity (Wildman–Crippen MR) is 74.2 cm³/mol. The van der Waals surface area contributed by atoms with E-state index in [1.165, 1.54) is 0 Å². The molecule has 1 saturated heterocycles. The van der Waals surface area contributed by atoms with Gasteiger partial charge in [0.2, 0.25) is 0 Å². The van der Waals surface area contributed by atoms with Crippen molar-refractivity contribution in [3.63, 3.8) is 0 Å². The van der Waals surface area contributed by atoms with Gasteiger partial charge < -0.3 is 15.5 Å². The number of thiazole rings is 1. The Morgan fingerprint density at radius 1 is 1.22 bits per heavy atom. The molecule has 0 aromatic carbocycles. The van der Waals surface area contributed by atoms with E-state index in [4.69, 9.17) is 5.73 Å². The largest absolute Gasteiger partial charge is 0.394 e. The highest BCUT2D eigenvalue weighted by Gasteiger charge is 2.21. The molecule has 2 N–H and O–H groups in total. The quantitative estimate of drug-likeness (QED) is 0.868. The third-order valence-corrected chi connectivity index (χ3v) is 3.94. The minimum Gasteiger partial charge on any atom is -0.394 e. The van der Waals surface area contributed by atoms with Crippen LogP contribution in [-0.2, 0) is 7.05 Å². The number of aryl methyl sites for hydroxylation is 1. The lowest BCUT2D eigenvalue weighted by molar-refractivity contribution is 0.638. The van der Waals surface area contributed by atoms with Crippen molar-refractivity contribution in [2.45, 2.75) is 0 Å². The fourth-order valence-corrected chi connectivity index (χ4v) is 2.92. The fourth-order valence-electron chi connectivity index (χ4n) is 2.22. The van der Waals surface area contributed by atoms with Gasteiger partial charge in [-0.2, -0.15) is 5.10 Å². The average Bonchev–Trinajstić information content (AvgIpc) is 2.99. The molecule has 0 amide bonds. The monoisotopic (exact) mass is 264 g/mol. The molecule has 0 aliphatic carbocycles. The van der Waals surface area contributed by atoms with Gasteiger partial charge in [0.05, 0.1) is 5.69 Å². The van der Waals surface area contributed by atoms with E-state index in [1.54, 1.807) is 16.0 Å². The second-order valence-corrected chi connectivity index (χ2v) is 5.24. The van der Waals surface area contributed by atoms with Crippen LogP contribution in [-0.4, -0.2) is 40.9 Å². The van der Waals surface area contributed by atoms with Crippen LogP contribution in [0.5, 0.6) is 0 Å². The Kier molecular flexibility index (Phi) is 2.83. The highest BCUT2D eigenvalue weighted by molar-refractivity contribution is 7.13. The molecular formula is C11H16N6S. The van der Waals surface area contributed by atoms with Crippen molar-refractivity contribution in [1.29, 1.82) is 0 Å². The zero-order valence-corrected chi connectivity index (χ0v) is 11.1. The minimum atomic E-state index is 0.750. The van der Waals surface area contributed by atoms with Crippen LogP contribution in [0.1, 0.15) is 0 Å². The summed E-state index contributed by atoms with van der Waals surface area (Å²) >= 11 is 1.69. The Hall–Kier alpha value is -1.76. The molecule has 1 fully saturated rings. The highest BCUT2D eigenvalue weighted by Crippen LogP contribution is 2.24. The van der Waals surface area contributed by atoms with Gasteiger partial charge in [-0.25, -0.2) is 4.98 Å². The number of rotatable bonds is 2. The number of nitrogen functional groups attached to an aromatic ring is 1. The van der Waals surface area contributed by atoms with Crippen LogP contribution in [0.3, 0.4) is 0 Å². The van der Waals surface area contributed by atoms with Crippen molar-refractivity contribution < 1.29 is 0 Å². The van der Waals surface area contributed by atoms with Crippen LogP contribution >= 0.6 is 11.3 Å². The van der Waals surface area contributed by atoms with E-state index in [2.05, 4.69) is 19.9 Å². The van der Waals surface area contributed by atoms with E-state index in [0.717, 1.165) is 42.8 Å². The zero-order chi connectivity index (χ0) is 12.5. The lowest BCUT2D eigenvalue weighted by Crippen LogP contribution is -2.46. The molecule has 2 aromatic heterocycles. The molecule has 0 saturated carbocycles. The number of nitrogens with two attached hydrogens (primary N) is 1. The Morgan fingerprint density at radius 3 is 2.50 bits per heavy atom. The van der Waals surface area contributed by atoms with Crippen LogP contribution in [0.4, 0.5) is 16.6 Å². The smallest absolute Gasteiger partial charge is 0.185 e. The van der Waals surface area contributed by atoms with Crippen molar-refractivity contribution in [2.24, 2.45) is 7.05 Å². The molecule has 7 heteroatoms. The molecule has 1 aliphatic rings. The molecule has 0 atom stereocenters. The topological polar surface area (TPSA) is 63.2 Å². The van der Waals surface area contributed by atoms with Crippen LogP contribution < -0.4 is 15.5 Å². The number of nitrogens with zero attached hydrogens (tertiary/aromatic N) is 5. The number of aromatic nitrogens is 3. The molecule has 0 radical (unpaired) electrons. The average molecular weight is 264 g/mol. The molecule has 3 rings (SSSR count). The SMILES string of the molecule is Cn1cc(N)c(N2CCN(c3nccs3)CC2)n1. The zero-order valence-electron chi connectivity index (χ0n) is 10.3. The van der Waals surface area contributed by atoms with Crippen molar-refractivity contribution in [1.82, 2.24) is 14.8 Å². The second-order valence-electron chi connectivity index (χ2n) is 4.37. The summed E-state index contributed by atoms with van der Waals surface area (Å²) in [7, 11) is 1.89. The molecule has 96 valence electrons. The minimum absolute atomic E-state index is 0.750. The first kappa shape index (κ1) is 11.3. The number of hydrogen-bond acceptors (Lipinski definition) is 6. The maximum absolute atomic E-state index is 5.95. The summed E-state index contributed by atoms with van der Waals surface area (Å²) in [5.41, 5.74) is 6.70. The van der Waals surface area contributed by atoms with Crippen molar-refractivity contribution in [3.05, 3.63) is 17.8 Å². The van der Waals surface area contributed by atoms with E-state index < -0.39 is 0 Å². The molecule has 6 nitrogen and oxygen atoms in total. The number of anilines is 3. The molecule has 18 heavy (non-hydrogen) atoms. The number of hydrogen-bond donors (Lipinski definition) is 1. The van der Waals surface area contributed by atoms with E-state index in [9.17, 15) is 0 Å². The van der Waals surface area contributed by atoms with Gasteiger partial charge in [-0.1, -0.05) is 0 Å². The molecule has 2 aromatic rings. The third kappa shape index (κ3) is 2.01. The van der Waals surface area contributed by atoms with E-state index in [-0.39, 0.29) is 0 Å². The lowest BCUT2D eigenvalue weighted by atomic mass is 10.3. The standard InChI is InChI=1S/C11H16N6S/c1-15-8-9(12)10(14-15)16-3-5-17(6-4-16)11-13-2-7-18-11/h2,7-8H,3-6,12H2,1H3. The summed E-state index contributed by atoms with van der Waals surface area (Å²) in [5.74, 6) is 0.899. The van der Waals surface area contributed by atoms with Crippen LogP contribution in [0.2, 0.25) is 0 Å². The Balaban J connectivity index is 1.68. The van der Waals surface area contributed by atoms with Crippen molar-refractivity contribution >= 4 is 28.0 Å². The van der Waals surface area contributed by atoms with Gasteiger partial charge >= 0.3 is 0 Å².